The number of hydrogen-bond donors (Lipinski definition) is 1. The highest BCUT2D eigenvalue weighted by atomic mass is 16.5. The summed E-state index contributed by atoms with van der Waals surface area (Å²) in [5.41, 5.74) is 2.92. The molecule has 0 aromatic heterocycles. The van der Waals surface area contributed by atoms with Crippen molar-refractivity contribution in [2.75, 3.05) is 43.1 Å². The maximum absolute atomic E-state index is 10.3. The van der Waals surface area contributed by atoms with E-state index in [9.17, 15) is 5.11 Å². The molecule has 1 aliphatic rings. The van der Waals surface area contributed by atoms with Gasteiger partial charge in [0.15, 0.2) is 0 Å². The quantitative estimate of drug-likeness (QED) is 0.914. The van der Waals surface area contributed by atoms with Gasteiger partial charge in [-0.1, -0.05) is 12.1 Å². The normalized spacial score (nSPS) is 14.7. The third-order valence-electron chi connectivity index (χ3n) is 4.20. The Balaban J connectivity index is 1.58. The number of likely N-dealkylation sites (N-methyl/N-ethyl adjacent to an activating group) is 1. The molecule has 24 heavy (non-hydrogen) atoms. The van der Waals surface area contributed by atoms with Crippen LogP contribution in [-0.4, -0.2) is 44.5 Å². The second-order valence-electron chi connectivity index (χ2n) is 5.96. The molecule has 0 spiro atoms. The number of aliphatic hydroxyl groups is 1. The van der Waals surface area contributed by atoms with Crippen LogP contribution in [0.25, 0.3) is 0 Å². The van der Waals surface area contributed by atoms with E-state index in [4.69, 9.17) is 10.00 Å². The molecule has 124 valence electrons. The number of β-amino-alcohol motifs (C(OH)–C–C–N with tert-alkyl or cyclic N) is 1. The van der Waals surface area contributed by atoms with Crippen LogP contribution in [0, 0.1) is 11.3 Å². The first-order valence-corrected chi connectivity index (χ1v) is 8.03. The minimum atomic E-state index is -0.586. The average Bonchev–Trinajstić information content (AvgIpc) is 2.63. The van der Waals surface area contributed by atoms with Gasteiger partial charge in [0.05, 0.1) is 23.0 Å². The van der Waals surface area contributed by atoms with Crippen LogP contribution in [0.5, 0.6) is 5.75 Å². The lowest BCUT2D eigenvalue weighted by molar-refractivity contribution is 0.112. The Kier molecular flexibility index (Phi) is 4.88. The smallest absolute Gasteiger partial charge is 0.119 e. The molecule has 0 bridgehead atoms. The van der Waals surface area contributed by atoms with Crippen molar-refractivity contribution in [3.63, 3.8) is 0 Å². The largest absolute Gasteiger partial charge is 0.491 e. The zero-order chi connectivity index (χ0) is 16.9. The molecular formula is C19H21N3O2. The van der Waals surface area contributed by atoms with Crippen LogP contribution in [0.4, 0.5) is 11.4 Å². The standard InChI is InChI=1S/C19H21N3O2/c1-21-10-11-22(19-5-3-2-4-18(19)21)13-16(23)14-24-17-8-6-15(12-20)7-9-17/h2-9,16,23H,10-11,13-14H2,1H3. The Morgan fingerprint density at radius 1 is 1.12 bits per heavy atom. The fourth-order valence-corrected chi connectivity index (χ4v) is 2.88. The number of nitrogens with zero attached hydrogens (tertiary/aromatic N) is 3. The summed E-state index contributed by atoms with van der Waals surface area (Å²) in [4.78, 5) is 4.42. The predicted octanol–water partition coefficient (Wildman–Crippen LogP) is 2.25. The molecule has 1 N–H and O–H groups in total. The van der Waals surface area contributed by atoms with Crippen molar-refractivity contribution in [2.24, 2.45) is 0 Å². The second kappa shape index (κ2) is 7.24. The maximum Gasteiger partial charge on any atom is 0.119 e. The first-order chi connectivity index (χ1) is 11.7. The third-order valence-corrected chi connectivity index (χ3v) is 4.20. The van der Waals surface area contributed by atoms with E-state index in [-0.39, 0.29) is 6.61 Å². The molecule has 3 rings (SSSR count). The summed E-state index contributed by atoms with van der Waals surface area (Å²) in [7, 11) is 2.08. The van der Waals surface area contributed by atoms with E-state index in [0.29, 0.717) is 17.9 Å². The average molecular weight is 323 g/mol. The summed E-state index contributed by atoms with van der Waals surface area (Å²) in [6.07, 6.45) is -0.586. The highest BCUT2D eigenvalue weighted by Crippen LogP contribution is 2.31. The van der Waals surface area contributed by atoms with Crippen LogP contribution < -0.4 is 14.5 Å². The molecule has 2 aromatic carbocycles. The summed E-state index contributed by atoms with van der Waals surface area (Å²) >= 11 is 0. The molecule has 1 heterocycles. The van der Waals surface area contributed by atoms with Crippen molar-refractivity contribution in [3.8, 4) is 11.8 Å². The van der Waals surface area contributed by atoms with Gasteiger partial charge in [-0.05, 0) is 36.4 Å². The molecule has 5 heteroatoms. The van der Waals surface area contributed by atoms with Gasteiger partial charge in [0, 0.05) is 26.7 Å². The van der Waals surface area contributed by atoms with E-state index in [0.717, 1.165) is 18.8 Å². The number of fused-ring (bicyclic) bond motifs is 1. The number of nitriles is 1. The number of rotatable bonds is 5. The van der Waals surface area contributed by atoms with Crippen LogP contribution in [0.15, 0.2) is 48.5 Å². The number of ether oxygens (including phenoxy) is 1. The Morgan fingerprint density at radius 3 is 2.54 bits per heavy atom. The van der Waals surface area contributed by atoms with E-state index in [1.165, 1.54) is 5.69 Å². The van der Waals surface area contributed by atoms with Crippen LogP contribution in [0.2, 0.25) is 0 Å². The molecule has 0 aliphatic carbocycles. The number of anilines is 2. The van der Waals surface area contributed by atoms with Crippen LogP contribution >= 0.6 is 0 Å². The Labute approximate surface area is 142 Å². The van der Waals surface area contributed by atoms with Gasteiger partial charge in [0.25, 0.3) is 0 Å². The SMILES string of the molecule is CN1CCN(CC(O)COc2ccc(C#N)cc2)c2ccccc21. The third kappa shape index (κ3) is 3.61. The summed E-state index contributed by atoms with van der Waals surface area (Å²) in [6.45, 7) is 2.56. The Bertz CT molecular complexity index is 724. The molecule has 0 radical (unpaired) electrons. The van der Waals surface area contributed by atoms with Gasteiger partial charge in [0.2, 0.25) is 0 Å². The number of hydrogen-bond acceptors (Lipinski definition) is 5. The minimum Gasteiger partial charge on any atom is -0.491 e. The topological polar surface area (TPSA) is 59.7 Å². The van der Waals surface area contributed by atoms with E-state index < -0.39 is 6.10 Å². The monoisotopic (exact) mass is 323 g/mol. The molecule has 1 unspecified atom stereocenters. The van der Waals surface area contributed by atoms with E-state index in [2.05, 4.69) is 35.0 Å². The molecule has 0 saturated heterocycles. The highest BCUT2D eigenvalue weighted by molar-refractivity contribution is 5.73. The van der Waals surface area contributed by atoms with Gasteiger partial charge in [-0.2, -0.15) is 5.26 Å². The van der Waals surface area contributed by atoms with Crippen LogP contribution in [-0.2, 0) is 0 Å². The Morgan fingerprint density at radius 2 is 1.83 bits per heavy atom. The zero-order valence-corrected chi connectivity index (χ0v) is 13.7. The summed E-state index contributed by atoms with van der Waals surface area (Å²) < 4.78 is 5.62. The van der Waals surface area contributed by atoms with E-state index in [1.807, 2.05) is 12.1 Å². The number of benzene rings is 2. The lowest BCUT2D eigenvalue weighted by atomic mass is 10.1. The van der Waals surface area contributed by atoms with E-state index in [1.54, 1.807) is 24.3 Å². The van der Waals surface area contributed by atoms with Crippen LogP contribution in [0.1, 0.15) is 5.56 Å². The fourth-order valence-electron chi connectivity index (χ4n) is 2.88. The molecule has 0 amide bonds. The second-order valence-corrected chi connectivity index (χ2v) is 5.96. The molecule has 0 saturated carbocycles. The summed E-state index contributed by atoms with van der Waals surface area (Å²) in [5.74, 6) is 0.659. The van der Waals surface area contributed by atoms with Gasteiger partial charge >= 0.3 is 0 Å². The van der Waals surface area contributed by atoms with Crippen LogP contribution in [0.3, 0.4) is 0 Å². The van der Waals surface area contributed by atoms with Crippen molar-refractivity contribution in [2.45, 2.75) is 6.10 Å². The lowest BCUT2D eigenvalue weighted by Gasteiger charge is -2.37. The van der Waals surface area contributed by atoms with Crippen molar-refractivity contribution >= 4 is 11.4 Å². The number of para-hydroxylation sites is 2. The van der Waals surface area contributed by atoms with Gasteiger partial charge in [-0.25, -0.2) is 0 Å². The molecule has 1 atom stereocenters. The van der Waals surface area contributed by atoms with Crippen molar-refractivity contribution in [1.29, 1.82) is 5.26 Å². The van der Waals surface area contributed by atoms with Gasteiger partial charge < -0.3 is 19.6 Å². The van der Waals surface area contributed by atoms with Gasteiger partial charge in [-0.3, -0.25) is 0 Å². The molecule has 1 aliphatic heterocycles. The lowest BCUT2D eigenvalue weighted by Crippen LogP contribution is -2.44. The maximum atomic E-state index is 10.3. The minimum absolute atomic E-state index is 0.223. The predicted molar refractivity (Wildman–Crippen MR) is 94.6 cm³/mol. The fraction of sp³-hybridized carbons (Fsp3) is 0.316. The summed E-state index contributed by atoms with van der Waals surface area (Å²) in [5, 5.41) is 19.1. The molecule has 5 nitrogen and oxygen atoms in total. The molecular weight excluding hydrogens is 302 g/mol. The summed E-state index contributed by atoms with van der Waals surface area (Å²) in [6, 6.07) is 17.2. The van der Waals surface area contributed by atoms with Crippen molar-refractivity contribution in [3.05, 3.63) is 54.1 Å². The zero-order valence-electron chi connectivity index (χ0n) is 13.7. The first kappa shape index (κ1) is 16.2. The van der Waals surface area contributed by atoms with Gasteiger partial charge in [0.1, 0.15) is 18.5 Å². The van der Waals surface area contributed by atoms with Gasteiger partial charge in [-0.15, -0.1) is 0 Å². The molecule has 0 fully saturated rings. The van der Waals surface area contributed by atoms with Crippen molar-refractivity contribution < 1.29 is 9.84 Å². The highest BCUT2D eigenvalue weighted by Gasteiger charge is 2.21. The van der Waals surface area contributed by atoms with Crippen molar-refractivity contribution in [1.82, 2.24) is 0 Å². The van der Waals surface area contributed by atoms with E-state index >= 15 is 0 Å². The molecule has 2 aromatic rings. The Hall–Kier alpha value is -2.71. The number of aliphatic hydroxyl groups excluding tert-OH is 1. The first-order valence-electron chi connectivity index (χ1n) is 8.03.